The molecule has 6 nitrogen and oxygen atoms in total. The third kappa shape index (κ3) is 4.38. The summed E-state index contributed by atoms with van der Waals surface area (Å²) in [5, 5.41) is 13.5. The molecular weight excluding hydrogens is 260 g/mol. The summed E-state index contributed by atoms with van der Waals surface area (Å²) in [7, 11) is 0. The first-order valence-electron chi connectivity index (χ1n) is 6.44. The second-order valence-electron chi connectivity index (χ2n) is 4.85. The minimum atomic E-state index is -1.10. The summed E-state index contributed by atoms with van der Waals surface area (Å²) in [5.41, 5.74) is 0.983. The van der Waals surface area contributed by atoms with Crippen molar-refractivity contribution >= 4 is 23.5 Å². The average molecular weight is 276 g/mol. The maximum Gasteiger partial charge on any atom is 0.322 e. The van der Waals surface area contributed by atoms with E-state index in [1.54, 1.807) is 24.3 Å². The molecule has 106 valence electrons. The van der Waals surface area contributed by atoms with E-state index in [2.05, 4.69) is 10.6 Å². The fraction of sp³-hybridized carbons (Fsp3) is 0.357. The maximum atomic E-state index is 11.6. The molecule has 0 heterocycles. The zero-order valence-corrected chi connectivity index (χ0v) is 10.9. The first-order chi connectivity index (χ1) is 9.54. The fourth-order valence-corrected chi connectivity index (χ4v) is 1.76. The Bertz CT molecular complexity index is 520. The van der Waals surface area contributed by atoms with Crippen molar-refractivity contribution in [1.29, 1.82) is 0 Å². The Labute approximate surface area is 116 Å². The number of anilines is 1. The van der Waals surface area contributed by atoms with Crippen LogP contribution in [0.2, 0.25) is 0 Å². The minimum Gasteiger partial charge on any atom is -0.480 e. The minimum absolute atomic E-state index is 0.0180. The van der Waals surface area contributed by atoms with Gasteiger partial charge in [-0.1, -0.05) is 0 Å². The molecule has 20 heavy (non-hydrogen) atoms. The number of carbonyl (C=O) groups is 3. The molecule has 2 rings (SSSR count). The lowest BCUT2D eigenvalue weighted by Crippen LogP contribution is -2.29. The van der Waals surface area contributed by atoms with Gasteiger partial charge < -0.3 is 15.7 Å². The van der Waals surface area contributed by atoms with Gasteiger partial charge in [0, 0.05) is 17.7 Å². The van der Waals surface area contributed by atoms with E-state index in [-0.39, 0.29) is 5.91 Å². The predicted octanol–water partition coefficient (Wildman–Crippen LogP) is 1.24. The molecule has 0 atom stereocenters. The van der Waals surface area contributed by atoms with Crippen LogP contribution in [0.15, 0.2) is 24.3 Å². The summed E-state index contributed by atoms with van der Waals surface area (Å²) in [6, 6.07) is 6.34. The largest absolute Gasteiger partial charge is 0.480 e. The lowest BCUT2D eigenvalue weighted by atomic mass is 10.2. The van der Waals surface area contributed by atoms with Gasteiger partial charge in [-0.15, -0.1) is 0 Å². The van der Waals surface area contributed by atoms with Crippen molar-refractivity contribution in [2.75, 3.05) is 11.9 Å². The lowest BCUT2D eigenvalue weighted by Gasteiger charge is -2.06. The van der Waals surface area contributed by atoms with Crippen molar-refractivity contribution < 1.29 is 19.5 Å². The summed E-state index contributed by atoms with van der Waals surface area (Å²) in [5.74, 6) is -1.04. The van der Waals surface area contributed by atoms with Gasteiger partial charge in [-0.2, -0.15) is 0 Å². The first kappa shape index (κ1) is 14.0. The van der Waals surface area contributed by atoms with E-state index in [0.717, 1.165) is 12.8 Å². The number of carboxylic acids is 1. The molecule has 0 radical (unpaired) electrons. The smallest absolute Gasteiger partial charge is 0.322 e. The molecule has 1 aromatic rings. The molecule has 1 saturated carbocycles. The Kier molecular flexibility index (Phi) is 4.34. The van der Waals surface area contributed by atoms with Crippen LogP contribution in [0.3, 0.4) is 0 Å². The molecule has 1 aliphatic carbocycles. The molecule has 3 N–H and O–H groups in total. The van der Waals surface area contributed by atoms with Crippen molar-refractivity contribution in [2.24, 2.45) is 5.92 Å². The van der Waals surface area contributed by atoms with Gasteiger partial charge in [-0.3, -0.25) is 14.4 Å². The number of aliphatic carboxylic acids is 1. The number of carboxylic acid groups (broad SMARTS) is 1. The van der Waals surface area contributed by atoms with Gasteiger partial charge in [0.1, 0.15) is 6.54 Å². The van der Waals surface area contributed by atoms with Crippen LogP contribution in [0.4, 0.5) is 5.69 Å². The van der Waals surface area contributed by atoms with Crippen LogP contribution < -0.4 is 10.6 Å². The molecule has 0 spiro atoms. The van der Waals surface area contributed by atoms with Crippen LogP contribution in [-0.2, 0) is 9.59 Å². The van der Waals surface area contributed by atoms with Gasteiger partial charge >= 0.3 is 5.97 Å². The van der Waals surface area contributed by atoms with Gasteiger partial charge in [-0.05, 0) is 43.0 Å². The lowest BCUT2D eigenvalue weighted by molar-refractivity contribution is -0.135. The molecule has 0 bridgehead atoms. The van der Waals surface area contributed by atoms with E-state index < -0.39 is 18.4 Å². The highest BCUT2D eigenvalue weighted by molar-refractivity contribution is 5.97. The van der Waals surface area contributed by atoms with E-state index in [9.17, 15) is 14.4 Å². The molecular formula is C14H16N2O4. The number of amides is 2. The summed E-state index contributed by atoms with van der Waals surface area (Å²) in [6.07, 6.45) is 2.78. The standard InChI is InChI=1S/C14H16N2O4/c17-12(7-9-1-2-9)16-11-5-3-10(4-6-11)14(20)15-8-13(18)19/h3-6,9H,1-2,7-8H2,(H,15,20)(H,16,17)(H,18,19). The molecule has 0 saturated heterocycles. The van der Waals surface area contributed by atoms with Crippen LogP contribution in [0.25, 0.3) is 0 Å². The van der Waals surface area contributed by atoms with Gasteiger partial charge in [-0.25, -0.2) is 0 Å². The fourth-order valence-electron chi connectivity index (χ4n) is 1.76. The van der Waals surface area contributed by atoms with Crippen LogP contribution in [-0.4, -0.2) is 29.4 Å². The third-order valence-electron chi connectivity index (χ3n) is 3.00. The van der Waals surface area contributed by atoms with Crippen LogP contribution in [0.1, 0.15) is 29.6 Å². The van der Waals surface area contributed by atoms with Crippen molar-refractivity contribution in [1.82, 2.24) is 5.32 Å². The van der Waals surface area contributed by atoms with Crippen molar-refractivity contribution in [2.45, 2.75) is 19.3 Å². The highest BCUT2D eigenvalue weighted by Gasteiger charge is 2.24. The Morgan fingerprint density at radius 1 is 1.15 bits per heavy atom. The van der Waals surface area contributed by atoms with Gasteiger partial charge in [0.2, 0.25) is 5.91 Å². The number of nitrogens with one attached hydrogen (secondary N) is 2. The Morgan fingerprint density at radius 2 is 1.80 bits per heavy atom. The number of hydrogen-bond donors (Lipinski definition) is 3. The molecule has 1 aliphatic rings. The van der Waals surface area contributed by atoms with Crippen LogP contribution in [0, 0.1) is 5.92 Å². The van der Waals surface area contributed by atoms with Gasteiger partial charge in [0.15, 0.2) is 0 Å². The van der Waals surface area contributed by atoms with Gasteiger partial charge in [0.05, 0.1) is 0 Å². The van der Waals surface area contributed by atoms with E-state index >= 15 is 0 Å². The summed E-state index contributed by atoms with van der Waals surface area (Å²) in [4.78, 5) is 33.5. The molecule has 0 aromatic heterocycles. The van der Waals surface area contributed by atoms with E-state index in [1.165, 1.54) is 0 Å². The summed E-state index contributed by atoms with van der Waals surface area (Å²) < 4.78 is 0. The molecule has 0 unspecified atom stereocenters. The normalized spacial score (nSPS) is 13.6. The van der Waals surface area contributed by atoms with E-state index in [0.29, 0.717) is 23.6 Å². The zero-order valence-electron chi connectivity index (χ0n) is 10.9. The summed E-state index contributed by atoms with van der Waals surface area (Å²) >= 11 is 0. The summed E-state index contributed by atoms with van der Waals surface area (Å²) in [6.45, 7) is -0.418. The Hall–Kier alpha value is -2.37. The number of benzene rings is 1. The SMILES string of the molecule is O=C(O)CNC(=O)c1ccc(NC(=O)CC2CC2)cc1. The van der Waals surface area contributed by atoms with Crippen molar-refractivity contribution in [3.05, 3.63) is 29.8 Å². The molecule has 1 aromatic carbocycles. The molecule has 2 amide bonds. The molecule has 0 aliphatic heterocycles. The second-order valence-corrected chi connectivity index (χ2v) is 4.85. The predicted molar refractivity (Wildman–Crippen MR) is 72.4 cm³/mol. The average Bonchev–Trinajstić information content (AvgIpc) is 3.20. The maximum absolute atomic E-state index is 11.6. The topological polar surface area (TPSA) is 95.5 Å². The van der Waals surface area contributed by atoms with Gasteiger partial charge in [0.25, 0.3) is 5.91 Å². The van der Waals surface area contributed by atoms with Crippen molar-refractivity contribution in [3.8, 4) is 0 Å². The Morgan fingerprint density at radius 3 is 2.35 bits per heavy atom. The zero-order chi connectivity index (χ0) is 14.5. The van der Waals surface area contributed by atoms with Crippen LogP contribution >= 0.6 is 0 Å². The number of rotatable bonds is 6. The third-order valence-corrected chi connectivity index (χ3v) is 3.00. The highest BCUT2D eigenvalue weighted by atomic mass is 16.4. The monoisotopic (exact) mass is 276 g/mol. The van der Waals surface area contributed by atoms with Crippen molar-refractivity contribution in [3.63, 3.8) is 0 Å². The first-order valence-corrected chi connectivity index (χ1v) is 6.44. The Balaban J connectivity index is 1.86. The highest BCUT2D eigenvalue weighted by Crippen LogP contribution is 2.32. The number of hydrogen-bond acceptors (Lipinski definition) is 3. The molecule has 1 fully saturated rings. The second kappa shape index (κ2) is 6.18. The quantitative estimate of drug-likeness (QED) is 0.728. The molecule has 6 heteroatoms. The van der Waals surface area contributed by atoms with Crippen LogP contribution in [0.5, 0.6) is 0 Å². The van der Waals surface area contributed by atoms with E-state index in [1.807, 2.05) is 0 Å². The van der Waals surface area contributed by atoms with E-state index in [4.69, 9.17) is 5.11 Å². The number of carbonyl (C=O) groups excluding carboxylic acids is 2.